The molecule has 0 bridgehead atoms. The number of rotatable bonds is 5. The predicted molar refractivity (Wildman–Crippen MR) is 98.8 cm³/mol. The third-order valence-electron chi connectivity index (χ3n) is 5.32. The lowest BCUT2D eigenvalue weighted by molar-refractivity contribution is 0.128. The number of sulfonamides is 1. The predicted octanol–water partition coefficient (Wildman–Crippen LogP) is 3.04. The molecule has 4 rings (SSSR count). The Morgan fingerprint density at radius 3 is 2.41 bits per heavy atom. The lowest BCUT2D eigenvalue weighted by atomic mass is 10.0. The van der Waals surface area contributed by atoms with E-state index in [-0.39, 0.29) is 6.04 Å². The molecule has 2 aromatic rings. The van der Waals surface area contributed by atoms with E-state index < -0.39 is 26.6 Å². The SMILES string of the molecule is O=S(=O)(c1ccc(F)cc1F)N1CCN(C2CC2)CC1Cc1ccccc1. The minimum atomic E-state index is -4.04. The van der Waals surface area contributed by atoms with Crippen LogP contribution in [-0.2, 0) is 16.4 Å². The number of piperazine rings is 1. The van der Waals surface area contributed by atoms with E-state index >= 15 is 0 Å². The molecule has 0 N–H and O–H groups in total. The highest BCUT2D eigenvalue weighted by atomic mass is 32.2. The van der Waals surface area contributed by atoms with Crippen LogP contribution in [-0.4, -0.2) is 49.3 Å². The Balaban J connectivity index is 1.65. The Bertz CT molecular complexity index is 917. The van der Waals surface area contributed by atoms with Crippen LogP contribution in [0.3, 0.4) is 0 Å². The fourth-order valence-corrected chi connectivity index (χ4v) is 5.47. The minimum Gasteiger partial charge on any atom is -0.297 e. The molecule has 0 radical (unpaired) electrons. The molecule has 1 aliphatic carbocycles. The molecule has 1 aliphatic heterocycles. The van der Waals surface area contributed by atoms with Gasteiger partial charge in [0, 0.05) is 37.8 Å². The molecule has 1 unspecified atom stereocenters. The van der Waals surface area contributed by atoms with Crippen LogP contribution in [0.1, 0.15) is 18.4 Å². The van der Waals surface area contributed by atoms with Gasteiger partial charge in [0.05, 0.1) is 0 Å². The van der Waals surface area contributed by atoms with Crippen LogP contribution < -0.4 is 0 Å². The van der Waals surface area contributed by atoms with Crippen molar-refractivity contribution < 1.29 is 17.2 Å². The quantitative estimate of drug-likeness (QED) is 0.785. The first kappa shape index (κ1) is 18.5. The summed E-state index contributed by atoms with van der Waals surface area (Å²) in [5, 5.41) is 0. The lowest BCUT2D eigenvalue weighted by Gasteiger charge is -2.41. The van der Waals surface area contributed by atoms with Crippen LogP contribution in [0.15, 0.2) is 53.4 Å². The summed E-state index contributed by atoms with van der Waals surface area (Å²) in [4.78, 5) is 1.88. The zero-order chi connectivity index (χ0) is 19.0. The van der Waals surface area contributed by atoms with Crippen LogP contribution in [0.5, 0.6) is 0 Å². The van der Waals surface area contributed by atoms with Crippen molar-refractivity contribution in [2.75, 3.05) is 19.6 Å². The minimum absolute atomic E-state index is 0.281. The average molecular weight is 392 g/mol. The van der Waals surface area contributed by atoms with E-state index in [1.54, 1.807) is 0 Å². The molecular weight excluding hydrogens is 370 g/mol. The number of hydrogen-bond acceptors (Lipinski definition) is 3. The first-order valence-corrected chi connectivity index (χ1v) is 10.6. The Morgan fingerprint density at radius 2 is 1.74 bits per heavy atom. The van der Waals surface area contributed by atoms with Crippen molar-refractivity contribution in [2.24, 2.45) is 0 Å². The second-order valence-electron chi connectivity index (χ2n) is 7.26. The number of benzene rings is 2. The third-order valence-corrected chi connectivity index (χ3v) is 7.30. The zero-order valence-electron chi connectivity index (χ0n) is 14.9. The molecule has 2 fully saturated rings. The van der Waals surface area contributed by atoms with Crippen molar-refractivity contribution in [1.82, 2.24) is 9.21 Å². The Hall–Kier alpha value is -1.83. The fraction of sp³-hybridized carbons (Fsp3) is 0.400. The van der Waals surface area contributed by atoms with Gasteiger partial charge in [0.25, 0.3) is 0 Å². The van der Waals surface area contributed by atoms with Gasteiger partial charge in [-0.3, -0.25) is 4.90 Å². The highest BCUT2D eigenvalue weighted by molar-refractivity contribution is 7.89. The summed E-state index contributed by atoms with van der Waals surface area (Å²) >= 11 is 0. The molecule has 1 heterocycles. The first-order chi connectivity index (χ1) is 12.9. The number of hydrogen-bond donors (Lipinski definition) is 0. The highest BCUT2D eigenvalue weighted by Crippen LogP contribution is 2.32. The molecule has 1 atom stereocenters. The Kier molecular flexibility index (Phi) is 5.01. The molecule has 1 saturated carbocycles. The highest BCUT2D eigenvalue weighted by Gasteiger charge is 2.41. The van der Waals surface area contributed by atoms with E-state index in [9.17, 15) is 17.2 Å². The van der Waals surface area contributed by atoms with Crippen LogP contribution in [0.25, 0.3) is 0 Å². The topological polar surface area (TPSA) is 40.6 Å². The van der Waals surface area contributed by atoms with Gasteiger partial charge < -0.3 is 0 Å². The van der Waals surface area contributed by atoms with Crippen molar-refractivity contribution in [3.63, 3.8) is 0 Å². The van der Waals surface area contributed by atoms with Crippen molar-refractivity contribution in [3.8, 4) is 0 Å². The van der Waals surface area contributed by atoms with Crippen LogP contribution >= 0.6 is 0 Å². The number of nitrogens with zero attached hydrogens (tertiary/aromatic N) is 2. The van der Waals surface area contributed by atoms with E-state index in [2.05, 4.69) is 4.90 Å². The van der Waals surface area contributed by atoms with Gasteiger partial charge in [0.1, 0.15) is 16.5 Å². The maximum atomic E-state index is 14.2. The average Bonchev–Trinajstić information content (AvgIpc) is 3.47. The molecule has 0 amide bonds. The summed E-state index contributed by atoms with van der Waals surface area (Å²) in [6, 6.07) is 12.6. The molecule has 2 aromatic carbocycles. The summed E-state index contributed by atoms with van der Waals surface area (Å²) < 4.78 is 55.2. The van der Waals surface area contributed by atoms with Gasteiger partial charge in [-0.25, -0.2) is 17.2 Å². The van der Waals surface area contributed by atoms with Crippen LogP contribution in [0.2, 0.25) is 0 Å². The summed E-state index contributed by atoms with van der Waals surface area (Å²) in [7, 11) is -4.04. The molecular formula is C20H22F2N2O2S. The third kappa shape index (κ3) is 3.90. The molecule has 144 valence electrons. The maximum Gasteiger partial charge on any atom is 0.246 e. The summed E-state index contributed by atoms with van der Waals surface area (Å²) in [5.74, 6) is -1.83. The van der Waals surface area contributed by atoms with Crippen LogP contribution in [0.4, 0.5) is 8.78 Å². The molecule has 7 heteroatoms. The van der Waals surface area contributed by atoms with E-state index in [1.165, 1.54) is 4.31 Å². The second-order valence-corrected chi connectivity index (χ2v) is 9.12. The van der Waals surface area contributed by atoms with Gasteiger partial charge in [0.15, 0.2) is 0 Å². The lowest BCUT2D eigenvalue weighted by Crippen LogP contribution is -2.56. The van der Waals surface area contributed by atoms with Gasteiger partial charge in [-0.05, 0) is 37.0 Å². The van der Waals surface area contributed by atoms with Gasteiger partial charge in [-0.1, -0.05) is 30.3 Å². The Morgan fingerprint density at radius 1 is 1.00 bits per heavy atom. The molecule has 0 spiro atoms. The van der Waals surface area contributed by atoms with Crippen molar-refractivity contribution in [1.29, 1.82) is 0 Å². The normalized spacial score (nSPS) is 22.1. The Labute approximate surface area is 158 Å². The van der Waals surface area contributed by atoms with Crippen molar-refractivity contribution in [2.45, 2.75) is 36.2 Å². The zero-order valence-corrected chi connectivity index (χ0v) is 15.7. The monoisotopic (exact) mass is 392 g/mol. The van der Waals surface area contributed by atoms with Gasteiger partial charge in [0.2, 0.25) is 10.0 Å². The van der Waals surface area contributed by atoms with Gasteiger partial charge in [-0.2, -0.15) is 4.31 Å². The van der Waals surface area contributed by atoms with Crippen molar-refractivity contribution >= 4 is 10.0 Å². The van der Waals surface area contributed by atoms with Gasteiger partial charge in [-0.15, -0.1) is 0 Å². The number of halogens is 2. The second kappa shape index (κ2) is 7.30. The van der Waals surface area contributed by atoms with Crippen LogP contribution in [0, 0.1) is 11.6 Å². The molecule has 4 nitrogen and oxygen atoms in total. The summed E-state index contributed by atoms with van der Waals surface area (Å²) in [5.41, 5.74) is 1.04. The first-order valence-electron chi connectivity index (χ1n) is 9.20. The summed E-state index contributed by atoms with van der Waals surface area (Å²) in [6.07, 6.45) is 2.86. The standard InChI is InChI=1S/C20H22F2N2O2S/c21-16-6-9-20(19(22)13-16)27(25,26)24-11-10-23(17-7-8-17)14-18(24)12-15-4-2-1-3-5-15/h1-6,9,13,17-18H,7-8,10-12,14H2. The smallest absolute Gasteiger partial charge is 0.246 e. The fourth-order valence-electron chi connectivity index (χ4n) is 3.81. The van der Waals surface area contributed by atoms with Crippen molar-refractivity contribution in [3.05, 3.63) is 65.7 Å². The van der Waals surface area contributed by atoms with E-state index in [0.717, 1.165) is 30.5 Å². The molecule has 0 aromatic heterocycles. The molecule has 27 heavy (non-hydrogen) atoms. The molecule has 2 aliphatic rings. The largest absolute Gasteiger partial charge is 0.297 e. The summed E-state index contributed by atoms with van der Waals surface area (Å²) in [6.45, 7) is 1.58. The van der Waals surface area contributed by atoms with Gasteiger partial charge >= 0.3 is 0 Å². The van der Waals surface area contributed by atoms with E-state index in [1.807, 2.05) is 30.3 Å². The molecule has 1 saturated heterocycles. The van der Waals surface area contributed by atoms with E-state index in [0.29, 0.717) is 38.2 Å². The maximum absolute atomic E-state index is 14.2. The van der Waals surface area contributed by atoms with E-state index in [4.69, 9.17) is 0 Å².